The van der Waals surface area contributed by atoms with Crippen molar-refractivity contribution in [1.82, 2.24) is 10.2 Å². The Hall–Kier alpha value is -1.59. The third kappa shape index (κ3) is 6.14. The molecule has 0 aromatic carbocycles. The molecule has 1 rings (SSSR count). The SMILES string of the molecule is CC(C)(C)C(=O)N1CCC(NC(=O)CCCC(=O)O)CC1. The summed E-state index contributed by atoms with van der Waals surface area (Å²) in [7, 11) is 0. The van der Waals surface area contributed by atoms with Crippen LogP contribution in [0.15, 0.2) is 0 Å². The van der Waals surface area contributed by atoms with E-state index >= 15 is 0 Å². The van der Waals surface area contributed by atoms with Crippen LogP contribution >= 0.6 is 0 Å². The third-order valence-electron chi connectivity index (χ3n) is 3.58. The summed E-state index contributed by atoms with van der Waals surface area (Å²) in [6.45, 7) is 7.05. The smallest absolute Gasteiger partial charge is 0.303 e. The van der Waals surface area contributed by atoms with E-state index < -0.39 is 5.97 Å². The second kappa shape index (κ2) is 7.43. The number of carbonyl (C=O) groups excluding carboxylic acids is 2. The van der Waals surface area contributed by atoms with Crippen LogP contribution in [0, 0.1) is 5.41 Å². The molecule has 0 saturated carbocycles. The molecule has 1 saturated heterocycles. The third-order valence-corrected chi connectivity index (χ3v) is 3.58. The highest BCUT2D eigenvalue weighted by molar-refractivity contribution is 5.81. The molecule has 1 fully saturated rings. The lowest BCUT2D eigenvalue weighted by molar-refractivity contribution is -0.140. The first-order valence-corrected chi connectivity index (χ1v) is 7.50. The number of piperidine rings is 1. The van der Waals surface area contributed by atoms with Crippen LogP contribution in [-0.2, 0) is 14.4 Å². The van der Waals surface area contributed by atoms with Gasteiger partial charge in [-0.1, -0.05) is 20.8 Å². The van der Waals surface area contributed by atoms with Crippen LogP contribution < -0.4 is 5.32 Å². The molecule has 0 radical (unpaired) electrons. The number of amides is 2. The fourth-order valence-electron chi connectivity index (χ4n) is 2.40. The van der Waals surface area contributed by atoms with Gasteiger partial charge in [0.1, 0.15) is 0 Å². The average molecular weight is 298 g/mol. The Morgan fingerprint density at radius 2 is 1.71 bits per heavy atom. The summed E-state index contributed by atoms with van der Waals surface area (Å²) in [5, 5.41) is 11.4. The highest BCUT2D eigenvalue weighted by Crippen LogP contribution is 2.21. The van der Waals surface area contributed by atoms with E-state index in [-0.39, 0.29) is 36.1 Å². The average Bonchev–Trinajstić information content (AvgIpc) is 2.37. The molecule has 0 aliphatic carbocycles. The molecular formula is C15H26N2O4. The van der Waals surface area contributed by atoms with Crippen LogP contribution in [0.4, 0.5) is 0 Å². The maximum absolute atomic E-state index is 12.1. The number of nitrogens with one attached hydrogen (secondary N) is 1. The molecule has 0 aromatic rings. The maximum atomic E-state index is 12.1. The Labute approximate surface area is 125 Å². The molecule has 21 heavy (non-hydrogen) atoms. The maximum Gasteiger partial charge on any atom is 0.303 e. The van der Waals surface area contributed by atoms with Crippen LogP contribution in [0.2, 0.25) is 0 Å². The lowest BCUT2D eigenvalue weighted by atomic mass is 9.93. The Morgan fingerprint density at radius 3 is 2.19 bits per heavy atom. The number of carboxylic acid groups (broad SMARTS) is 1. The van der Waals surface area contributed by atoms with Crippen LogP contribution in [0.1, 0.15) is 52.9 Å². The summed E-state index contributed by atoms with van der Waals surface area (Å²) in [4.78, 5) is 36.1. The van der Waals surface area contributed by atoms with Gasteiger partial charge in [0.05, 0.1) is 0 Å². The van der Waals surface area contributed by atoms with Gasteiger partial charge in [0.15, 0.2) is 0 Å². The number of nitrogens with zero attached hydrogens (tertiary/aromatic N) is 1. The molecule has 1 aliphatic heterocycles. The monoisotopic (exact) mass is 298 g/mol. The van der Waals surface area contributed by atoms with E-state index in [1.54, 1.807) is 0 Å². The lowest BCUT2D eigenvalue weighted by Gasteiger charge is -2.36. The van der Waals surface area contributed by atoms with Crippen molar-refractivity contribution >= 4 is 17.8 Å². The standard InChI is InChI=1S/C15H26N2O4/c1-15(2,3)14(21)17-9-7-11(8-10-17)16-12(18)5-4-6-13(19)20/h11H,4-10H2,1-3H3,(H,16,18)(H,19,20). The van der Waals surface area contributed by atoms with Crippen molar-refractivity contribution in [3.05, 3.63) is 0 Å². The Balaban J connectivity index is 2.29. The van der Waals surface area contributed by atoms with Gasteiger partial charge >= 0.3 is 5.97 Å². The number of carbonyl (C=O) groups is 3. The van der Waals surface area contributed by atoms with Crippen molar-refractivity contribution in [2.45, 2.75) is 58.9 Å². The van der Waals surface area contributed by atoms with Gasteiger partial charge in [-0.2, -0.15) is 0 Å². The van der Waals surface area contributed by atoms with E-state index in [1.807, 2.05) is 25.7 Å². The Kier molecular flexibility index (Phi) is 6.18. The van der Waals surface area contributed by atoms with Crippen molar-refractivity contribution < 1.29 is 19.5 Å². The zero-order valence-corrected chi connectivity index (χ0v) is 13.1. The summed E-state index contributed by atoms with van der Waals surface area (Å²) in [6, 6.07) is 0.0892. The molecule has 120 valence electrons. The second-order valence-corrected chi connectivity index (χ2v) is 6.63. The summed E-state index contributed by atoms with van der Waals surface area (Å²) < 4.78 is 0. The van der Waals surface area contributed by atoms with Gasteiger partial charge in [0, 0.05) is 37.4 Å². The summed E-state index contributed by atoms with van der Waals surface area (Å²) in [5.74, 6) is -0.831. The summed E-state index contributed by atoms with van der Waals surface area (Å²) in [6.07, 6.45) is 2.14. The summed E-state index contributed by atoms with van der Waals surface area (Å²) >= 11 is 0. The van der Waals surface area contributed by atoms with Crippen LogP contribution in [0.25, 0.3) is 0 Å². The number of hydrogen-bond acceptors (Lipinski definition) is 3. The lowest BCUT2D eigenvalue weighted by Crippen LogP contribution is -2.49. The van der Waals surface area contributed by atoms with Gasteiger partial charge in [-0.25, -0.2) is 0 Å². The minimum atomic E-state index is -0.878. The molecule has 1 heterocycles. The van der Waals surface area contributed by atoms with Gasteiger partial charge in [0.25, 0.3) is 0 Å². The molecule has 0 atom stereocenters. The number of carboxylic acids is 1. The van der Waals surface area contributed by atoms with Gasteiger partial charge < -0.3 is 15.3 Å². The summed E-state index contributed by atoms with van der Waals surface area (Å²) in [5.41, 5.74) is -0.368. The predicted octanol–water partition coefficient (Wildman–Crippen LogP) is 1.39. The molecule has 6 heteroatoms. The van der Waals surface area contributed by atoms with Crippen molar-refractivity contribution in [3.63, 3.8) is 0 Å². The second-order valence-electron chi connectivity index (χ2n) is 6.63. The molecular weight excluding hydrogens is 272 g/mol. The minimum Gasteiger partial charge on any atom is -0.481 e. The normalized spacial score (nSPS) is 16.6. The van der Waals surface area contributed by atoms with Gasteiger partial charge in [-0.3, -0.25) is 14.4 Å². The molecule has 0 unspecified atom stereocenters. The first-order chi connectivity index (χ1) is 9.70. The van der Waals surface area contributed by atoms with E-state index in [2.05, 4.69) is 5.32 Å². The first kappa shape index (κ1) is 17.5. The molecule has 2 amide bonds. The predicted molar refractivity (Wildman–Crippen MR) is 78.7 cm³/mol. The Bertz CT molecular complexity index is 393. The van der Waals surface area contributed by atoms with Crippen LogP contribution in [0.3, 0.4) is 0 Å². The quantitative estimate of drug-likeness (QED) is 0.803. The number of aliphatic carboxylic acids is 1. The van der Waals surface area contributed by atoms with Crippen molar-refractivity contribution in [2.75, 3.05) is 13.1 Å². The largest absolute Gasteiger partial charge is 0.481 e. The fraction of sp³-hybridized carbons (Fsp3) is 0.800. The zero-order valence-electron chi connectivity index (χ0n) is 13.1. The van der Waals surface area contributed by atoms with Crippen LogP contribution in [0.5, 0.6) is 0 Å². The van der Waals surface area contributed by atoms with Gasteiger partial charge in [0.2, 0.25) is 11.8 Å². The van der Waals surface area contributed by atoms with Crippen molar-refractivity contribution in [2.24, 2.45) is 5.41 Å². The molecule has 1 aliphatic rings. The van der Waals surface area contributed by atoms with Crippen LogP contribution in [-0.4, -0.2) is 46.9 Å². The van der Waals surface area contributed by atoms with E-state index in [0.717, 1.165) is 12.8 Å². The van der Waals surface area contributed by atoms with Crippen molar-refractivity contribution in [3.8, 4) is 0 Å². The Morgan fingerprint density at radius 1 is 1.14 bits per heavy atom. The van der Waals surface area contributed by atoms with E-state index in [1.165, 1.54) is 0 Å². The van der Waals surface area contributed by atoms with Gasteiger partial charge in [-0.05, 0) is 19.3 Å². The highest BCUT2D eigenvalue weighted by Gasteiger charge is 2.30. The fourth-order valence-corrected chi connectivity index (χ4v) is 2.40. The highest BCUT2D eigenvalue weighted by atomic mass is 16.4. The molecule has 6 nitrogen and oxygen atoms in total. The number of rotatable bonds is 5. The van der Waals surface area contributed by atoms with E-state index in [4.69, 9.17) is 5.11 Å². The number of hydrogen-bond donors (Lipinski definition) is 2. The molecule has 0 bridgehead atoms. The van der Waals surface area contributed by atoms with E-state index in [9.17, 15) is 14.4 Å². The zero-order chi connectivity index (χ0) is 16.0. The first-order valence-electron chi connectivity index (χ1n) is 7.50. The van der Waals surface area contributed by atoms with Gasteiger partial charge in [-0.15, -0.1) is 0 Å². The molecule has 2 N–H and O–H groups in total. The van der Waals surface area contributed by atoms with E-state index in [0.29, 0.717) is 19.5 Å². The number of likely N-dealkylation sites (tertiary alicyclic amines) is 1. The molecule has 0 aromatic heterocycles. The minimum absolute atomic E-state index is 0.0198. The van der Waals surface area contributed by atoms with Crippen molar-refractivity contribution in [1.29, 1.82) is 0 Å². The topological polar surface area (TPSA) is 86.7 Å². The molecule has 0 spiro atoms.